The lowest BCUT2D eigenvalue weighted by Crippen LogP contribution is -2.14. The van der Waals surface area contributed by atoms with E-state index in [9.17, 15) is 9.18 Å². The van der Waals surface area contributed by atoms with Crippen LogP contribution in [0.1, 0.15) is 15.9 Å². The fourth-order valence-electron chi connectivity index (χ4n) is 1.39. The predicted octanol–water partition coefficient (Wildman–Crippen LogP) is 1.76. The smallest absolute Gasteiger partial charge is 0.250 e. The van der Waals surface area contributed by atoms with Gasteiger partial charge < -0.3 is 11.5 Å². The van der Waals surface area contributed by atoms with E-state index in [4.69, 9.17) is 11.5 Å². The van der Waals surface area contributed by atoms with Crippen molar-refractivity contribution in [3.05, 3.63) is 41.5 Å². The SMILES string of the molecule is Cc1cnc(Sc2cc(C(N)=O)c(N)cc2F)nc1. The van der Waals surface area contributed by atoms with Gasteiger partial charge >= 0.3 is 0 Å². The Kier molecular flexibility index (Phi) is 3.66. The number of aromatic nitrogens is 2. The van der Waals surface area contributed by atoms with E-state index in [1.807, 2.05) is 6.92 Å². The molecule has 0 spiro atoms. The summed E-state index contributed by atoms with van der Waals surface area (Å²) in [4.78, 5) is 19.5. The van der Waals surface area contributed by atoms with E-state index in [0.717, 1.165) is 23.4 Å². The number of carbonyl (C=O) groups excluding carboxylic acids is 1. The molecule has 1 aromatic carbocycles. The number of benzene rings is 1. The maximum Gasteiger partial charge on any atom is 0.250 e. The van der Waals surface area contributed by atoms with Gasteiger partial charge in [0.05, 0.1) is 10.5 Å². The van der Waals surface area contributed by atoms with Crippen molar-refractivity contribution >= 4 is 23.4 Å². The van der Waals surface area contributed by atoms with Crippen molar-refractivity contribution in [3.63, 3.8) is 0 Å². The van der Waals surface area contributed by atoms with Crippen LogP contribution in [0.15, 0.2) is 34.6 Å². The van der Waals surface area contributed by atoms with Crippen LogP contribution < -0.4 is 11.5 Å². The number of aryl methyl sites for hydroxylation is 1. The molecule has 5 nitrogen and oxygen atoms in total. The number of nitrogen functional groups attached to an aromatic ring is 1. The Morgan fingerprint density at radius 2 is 1.95 bits per heavy atom. The molecule has 0 radical (unpaired) electrons. The Morgan fingerprint density at radius 1 is 1.32 bits per heavy atom. The Labute approximate surface area is 113 Å². The molecule has 0 atom stereocenters. The van der Waals surface area contributed by atoms with Crippen molar-refractivity contribution in [2.24, 2.45) is 5.73 Å². The van der Waals surface area contributed by atoms with Crippen LogP contribution in [0.4, 0.5) is 10.1 Å². The molecular weight excluding hydrogens is 267 g/mol. The maximum absolute atomic E-state index is 13.8. The molecule has 98 valence electrons. The summed E-state index contributed by atoms with van der Waals surface area (Å²) in [6, 6.07) is 2.37. The summed E-state index contributed by atoms with van der Waals surface area (Å²) in [5.41, 5.74) is 11.7. The van der Waals surface area contributed by atoms with Crippen molar-refractivity contribution in [1.82, 2.24) is 9.97 Å². The topological polar surface area (TPSA) is 94.9 Å². The first-order chi connectivity index (χ1) is 8.97. The van der Waals surface area contributed by atoms with Crippen molar-refractivity contribution < 1.29 is 9.18 Å². The number of rotatable bonds is 3. The van der Waals surface area contributed by atoms with E-state index in [1.165, 1.54) is 6.07 Å². The Bertz CT molecular complexity index is 630. The number of anilines is 1. The van der Waals surface area contributed by atoms with Crippen molar-refractivity contribution in [3.8, 4) is 0 Å². The normalized spacial score (nSPS) is 10.4. The van der Waals surface area contributed by atoms with Crippen molar-refractivity contribution in [2.75, 3.05) is 5.73 Å². The van der Waals surface area contributed by atoms with Gasteiger partial charge in [0, 0.05) is 18.1 Å². The fourth-order valence-corrected chi connectivity index (χ4v) is 2.13. The number of carbonyl (C=O) groups is 1. The number of nitrogens with zero attached hydrogens (tertiary/aromatic N) is 2. The zero-order valence-corrected chi connectivity index (χ0v) is 10.9. The first-order valence-electron chi connectivity index (χ1n) is 5.32. The molecule has 1 amide bonds. The van der Waals surface area contributed by atoms with Gasteiger partial charge in [-0.15, -0.1) is 0 Å². The maximum atomic E-state index is 13.8. The highest BCUT2D eigenvalue weighted by Gasteiger charge is 2.13. The molecule has 0 bridgehead atoms. The molecule has 0 aliphatic carbocycles. The minimum absolute atomic E-state index is 0.0131. The first kappa shape index (κ1) is 13.3. The van der Waals surface area contributed by atoms with Gasteiger partial charge in [-0.2, -0.15) is 0 Å². The van der Waals surface area contributed by atoms with E-state index in [1.54, 1.807) is 12.4 Å². The summed E-state index contributed by atoms with van der Waals surface area (Å²) < 4.78 is 13.8. The average molecular weight is 278 g/mol. The molecule has 1 heterocycles. The van der Waals surface area contributed by atoms with E-state index in [2.05, 4.69) is 9.97 Å². The summed E-state index contributed by atoms with van der Waals surface area (Å²) in [7, 11) is 0. The largest absolute Gasteiger partial charge is 0.398 e. The van der Waals surface area contributed by atoms with Crippen LogP contribution in [0.5, 0.6) is 0 Å². The van der Waals surface area contributed by atoms with Crippen LogP contribution in [-0.2, 0) is 0 Å². The van der Waals surface area contributed by atoms with Gasteiger partial charge in [0.15, 0.2) is 5.16 Å². The van der Waals surface area contributed by atoms with Gasteiger partial charge in [-0.3, -0.25) is 4.79 Å². The van der Waals surface area contributed by atoms with E-state index >= 15 is 0 Å². The van der Waals surface area contributed by atoms with Gasteiger partial charge in [-0.1, -0.05) is 0 Å². The quantitative estimate of drug-likeness (QED) is 0.659. The summed E-state index contributed by atoms with van der Waals surface area (Å²) in [6.07, 6.45) is 3.25. The number of hydrogen-bond donors (Lipinski definition) is 2. The van der Waals surface area contributed by atoms with E-state index in [0.29, 0.717) is 5.16 Å². The minimum Gasteiger partial charge on any atom is -0.398 e. The number of halogens is 1. The zero-order chi connectivity index (χ0) is 14.0. The van der Waals surface area contributed by atoms with Crippen LogP contribution >= 0.6 is 11.8 Å². The summed E-state index contributed by atoms with van der Waals surface area (Å²) >= 11 is 1.00. The average Bonchev–Trinajstić information content (AvgIpc) is 2.34. The van der Waals surface area contributed by atoms with E-state index in [-0.39, 0.29) is 16.1 Å². The van der Waals surface area contributed by atoms with Gasteiger partial charge in [0.25, 0.3) is 5.91 Å². The third-order valence-corrected chi connectivity index (χ3v) is 3.25. The van der Waals surface area contributed by atoms with Gasteiger partial charge in [0.2, 0.25) is 0 Å². The highest BCUT2D eigenvalue weighted by molar-refractivity contribution is 7.99. The molecule has 2 aromatic rings. The second-order valence-electron chi connectivity index (χ2n) is 3.88. The van der Waals surface area contributed by atoms with Gasteiger partial charge in [0.1, 0.15) is 5.82 Å². The summed E-state index contributed by atoms with van der Waals surface area (Å²) in [5, 5.41) is 0.379. The molecule has 4 N–H and O–H groups in total. The molecule has 2 rings (SSSR count). The standard InChI is InChI=1S/C12H11FN4OS/c1-6-4-16-12(17-5-6)19-10-2-7(11(15)18)9(14)3-8(10)13/h2-5H,14H2,1H3,(H2,15,18). The number of hydrogen-bond acceptors (Lipinski definition) is 5. The van der Waals surface area contributed by atoms with Crippen LogP contribution in [0.3, 0.4) is 0 Å². The van der Waals surface area contributed by atoms with Crippen LogP contribution in [-0.4, -0.2) is 15.9 Å². The second kappa shape index (κ2) is 5.23. The molecule has 0 fully saturated rings. The highest BCUT2D eigenvalue weighted by Crippen LogP contribution is 2.30. The monoisotopic (exact) mass is 278 g/mol. The Balaban J connectivity index is 2.37. The zero-order valence-electron chi connectivity index (χ0n) is 10.1. The number of nitrogens with two attached hydrogens (primary N) is 2. The molecule has 0 aliphatic rings. The molecule has 0 aliphatic heterocycles. The molecular formula is C12H11FN4OS. The minimum atomic E-state index is -0.704. The Morgan fingerprint density at radius 3 is 2.53 bits per heavy atom. The third-order valence-electron chi connectivity index (χ3n) is 2.33. The summed E-state index contributed by atoms with van der Waals surface area (Å²) in [6.45, 7) is 1.85. The van der Waals surface area contributed by atoms with Crippen LogP contribution in [0, 0.1) is 12.7 Å². The lowest BCUT2D eigenvalue weighted by molar-refractivity contribution is 0.100. The lowest BCUT2D eigenvalue weighted by Gasteiger charge is -2.06. The molecule has 19 heavy (non-hydrogen) atoms. The van der Waals surface area contributed by atoms with Crippen molar-refractivity contribution in [2.45, 2.75) is 17.0 Å². The lowest BCUT2D eigenvalue weighted by atomic mass is 10.1. The van der Waals surface area contributed by atoms with Crippen LogP contribution in [0.25, 0.3) is 0 Å². The number of amides is 1. The fraction of sp³-hybridized carbons (Fsp3) is 0.0833. The van der Waals surface area contributed by atoms with Crippen LogP contribution in [0.2, 0.25) is 0 Å². The summed E-state index contributed by atoms with van der Waals surface area (Å²) in [5.74, 6) is -1.25. The molecule has 0 saturated heterocycles. The predicted molar refractivity (Wildman–Crippen MR) is 70.2 cm³/mol. The molecule has 0 unspecified atom stereocenters. The third kappa shape index (κ3) is 3.00. The highest BCUT2D eigenvalue weighted by atomic mass is 32.2. The number of primary amides is 1. The van der Waals surface area contributed by atoms with Gasteiger partial charge in [-0.05, 0) is 36.4 Å². The van der Waals surface area contributed by atoms with Gasteiger partial charge in [-0.25, -0.2) is 14.4 Å². The van der Waals surface area contributed by atoms with E-state index < -0.39 is 11.7 Å². The second-order valence-corrected chi connectivity index (χ2v) is 4.89. The van der Waals surface area contributed by atoms with Crippen molar-refractivity contribution in [1.29, 1.82) is 0 Å². The molecule has 7 heteroatoms. The first-order valence-corrected chi connectivity index (χ1v) is 6.14. The molecule has 0 saturated carbocycles. The molecule has 1 aromatic heterocycles. The Hall–Kier alpha value is -2.15.